The van der Waals surface area contributed by atoms with Crippen molar-refractivity contribution in [2.45, 2.75) is 19.8 Å². The fourth-order valence-corrected chi connectivity index (χ4v) is 1.25. The fourth-order valence-electron chi connectivity index (χ4n) is 1.25. The van der Waals surface area contributed by atoms with Crippen molar-refractivity contribution in [3.8, 4) is 6.07 Å². The van der Waals surface area contributed by atoms with Crippen LogP contribution in [0.4, 0.5) is 0 Å². The largest absolute Gasteiger partial charge is 0.465 e. The summed E-state index contributed by atoms with van der Waals surface area (Å²) in [4.78, 5) is 11.4. The lowest BCUT2D eigenvalue weighted by atomic mass is 10.00. The number of aryl methyl sites for hydroxylation is 1. The van der Waals surface area contributed by atoms with E-state index in [-0.39, 0.29) is 0 Å². The van der Waals surface area contributed by atoms with Gasteiger partial charge in [-0.15, -0.1) is 0 Å². The van der Waals surface area contributed by atoms with Crippen LogP contribution in [0.15, 0.2) is 24.3 Å². The van der Waals surface area contributed by atoms with Crippen LogP contribution in [0.25, 0.3) is 0 Å². The summed E-state index contributed by atoms with van der Waals surface area (Å²) in [6.45, 7) is 3.97. The van der Waals surface area contributed by atoms with Crippen LogP contribution >= 0.6 is 0 Å². The second-order valence-electron chi connectivity index (χ2n) is 3.22. The van der Waals surface area contributed by atoms with E-state index in [9.17, 15) is 4.79 Å². The summed E-state index contributed by atoms with van der Waals surface area (Å²) in [5.74, 6) is -1.30. The summed E-state index contributed by atoms with van der Waals surface area (Å²) >= 11 is 0. The summed E-state index contributed by atoms with van der Waals surface area (Å²) in [6.07, 6.45) is 0. The summed E-state index contributed by atoms with van der Waals surface area (Å²) in [6, 6.07) is 9.25. The summed E-state index contributed by atoms with van der Waals surface area (Å²) in [5, 5.41) is 8.89. The Balaban J connectivity index is 2.89. The Labute approximate surface area is 89.3 Å². The molecule has 0 heterocycles. The van der Waals surface area contributed by atoms with E-state index in [4.69, 9.17) is 10.00 Å². The van der Waals surface area contributed by atoms with Gasteiger partial charge in [0, 0.05) is 0 Å². The molecule has 1 atom stereocenters. The first-order valence-corrected chi connectivity index (χ1v) is 4.82. The van der Waals surface area contributed by atoms with Gasteiger partial charge in [-0.25, -0.2) is 0 Å². The minimum atomic E-state index is -0.814. The molecule has 0 unspecified atom stereocenters. The molecule has 0 fully saturated rings. The molecule has 15 heavy (non-hydrogen) atoms. The first-order valence-electron chi connectivity index (χ1n) is 4.82. The smallest absolute Gasteiger partial charge is 0.327 e. The molecule has 1 aromatic rings. The van der Waals surface area contributed by atoms with E-state index in [1.807, 2.05) is 25.1 Å². The topological polar surface area (TPSA) is 50.1 Å². The van der Waals surface area contributed by atoms with Crippen molar-refractivity contribution in [2.24, 2.45) is 0 Å². The molecule has 0 saturated heterocycles. The van der Waals surface area contributed by atoms with Crippen LogP contribution in [0.5, 0.6) is 0 Å². The highest BCUT2D eigenvalue weighted by molar-refractivity contribution is 5.81. The number of carbonyl (C=O) groups excluding carboxylic acids is 1. The van der Waals surface area contributed by atoms with Crippen molar-refractivity contribution in [3.05, 3.63) is 35.4 Å². The second kappa shape index (κ2) is 5.16. The van der Waals surface area contributed by atoms with Crippen LogP contribution in [-0.4, -0.2) is 12.6 Å². The monoisotopic (exact) mass is 203 g/mol. The molecule has 0 N–H and O–H groups in total. The molecule has 0 aliphatic carbocycles. The Bertz CT molecular complexity index is 376. The van der Waals surface area contributed by atoms with Gasteiger partial charge in [0.25, 0.3) is 0 Å². The van der Waals surface area contributed by atoms with Gasteiger partial charge < -0.3 is 4.74 Å². The fraction of sp³-hybridized carbons (Fsp3) is 0.333. The summed E-state index contributed by atoms with van der Waals surface area (Å²) < 4.78 is 4.82. The molecule has 3 heteroatoms. The number of hydrogen-bond acceptors (Lipinski definition) is 3. The Morgan fingerprint density at radius 2 is 2.07 bits per heavy atom. The highest BCUT2D eigenvalue weighted by Gasteiger charge is 2.20. The highest BCUT2D eigenvalue weighted by Crippen LogP contribution is 2.17. The quantitative estimate of drug-likeness (QED) is 0.707. The van der Waals surface area contributed by atoms with Crippen molar-refractivity contribution >= 4 is 5.97 Å². The maximum Gasteiger partial charge on any atom is 0.327 e. The molecule has 0 radical (unpaired) electrons. The van der Waals surface area contributed by atoms with Gasteiger partial charge in [0.1, 0.15) is 0 Å². The summed E-state index contributed by atoms with van der Waals surface area (Å²) in [7, 11) is 0. The van der Waals surface area contributed by atoms with E-state index in [0.29, 0.717) is 12.2 Å². The van der Waals surface area contributed by atoms with E-state index in [0.717, 1.165) is 5.56 Å². The molecule has 0 saturated carbocycles. The van der Waals surface area contributed by atoms with Crippen molar-refractivity contribution in [3.63, 3.8) is 0 Å². The minimum absolute atomic E-state index is 0.295. The molecule has 0 spiro atoms. The number of nitrogens with zero attached hydrogens (tertiary/aromatic N) is 1. The molecule has 0 amide bonds. The first kappa shape index (κ1) is 11.3. The maximum atomic E-state index is 11.4. The van der Waals surface area contributed by atoms with Gasteiger partial charge in [-0.05, 0) is 19.4 Å². The van der Waals surface area contributed by atoms with Gasteiger partial charge in [0.2, 0.25) is 0 Å². The third-order valence-corrected chi connectivity index (χ3v) is 2.06. The van der Waals surface area contributed by atoms with Crippen LogP contribution < -0.4 is 0 Å². The predicted molar refractivity (Wildman–Crippen MR) is 56.2 cm³/mol. The molecule has 0 aliphatic heterocycles. The lowest BCUT2D eigenvalue weighted by molar-refractivity contribution is -0.143. The second-order valence-corrected chi connectivity index (χ2v) is 3.22. The summed E-state index contributed by atoms with van der Waals surface area (Å²) in [5.41, 5.74) is 1.78. The third kappa shape index (κ3) is 2.81. The Kier molecular flexibility index (Phi) is 3.87. The molecule has 1 rings (SSSR count). The van der Waals surface area contributed by atoms with E-state index >= 15 is 0 Å². The maximum absolute atomic E-state index is 11.4. The van der Waals surface area contributed by atoms with Crippen molar-refractivity contribution < 1.29 is 9.53 Å². The zero-order valence-electron chi connectivity index (χ0n) is 8.86. The Morgan fingerprint density at radius 3 is 2.53 bits per heavy atom. The van der Waals surface area contributed by atoms with Gasteiger partial charge in [0.05, 0.1) is 12.7 Å². The number of hydrogen-bond donors (Lipinski definition) is 0. The molecular weight excluding hydrogens is 190 g/mol. The van der Waals surface area contributed by atoms with E-state index in [1.165, 1.54) is 0 Å². The average molecular weight is 203 g/mol. The minimum Gasteiger partial charge on any atom is -0.465 e. The standard InChI is InChI=1S/C12H13NO2/c1-3-15-12(14)11(8-13)10-6-4-9(2)5-7-10/h4-7,11H,3H2,1-2H3/t11-/m0/s1. The van der Waals surface area contributed by atoms with Gasteiger partial charge in [0.15, 0.2) is 5.92 Å². The Hall–Kier alpha value is -1.82. The lowest BCUT2D eigenvalue weighted by Crippen LogP contribution is -2.14. The van der Waals surface area contributed by atoms with E-state index in [2.05, 4.69) is 0 Å². The number of ether oxygens (including phenoxy) is 1. The number of benzene rings is 1. The lowest BCUT2D eigenvalue weighted by Gasteiger charge is -2.08. The predicted octanol–water partition coefficient (Wildman–Crippen LogP) is 2.17. The zero-order chi connectivity index (χ0) is 11.3. The van der Waals surface area contributed by atoms with E-state index in [1.54, 1.807) is 19.1 Å². The molecule has 1 aromatic carbocycles. The molecule has 3 nitrogen and oxygen atoms in total. The SMILES string of the molecule is CCOC(=O)[C@@H](C#N)c1ccc(C)cc1. The van der Waals surface area contributed by atoms with Crippen LogP contribution in [0.1, 0.15) is 24.0 Å². The van der Waals surface area contributed by atoms with Crippen LogP contribution in [0, 0.1) is 18.3 Å². The van der Waals surface area contributed by atoms with Crippen LogP contribution in [-0.2, 0) is 9.53 Å². The van der Waals surface area contributed by atoms with Crippen molar-refractivity contribution in [2.75, 3.05) is 6.61 Å². The normalized spacial score (nSPS) is 11.5. The molecule has 0 aromatic heterocycles. The highest BCUT2D eigenvalue weighted by atomic mass is 16.5. The molecule has 78 valence electrons. The molecule has 0 bridgehead atoms. The average Bonchev–Trinajstić information content (AvgIpc) is 2.22. The van der Waals surface area contributed by atoms with Crippen molar-refractivity contribution in [1.29, 1.82) is 5.26 Å². The molecular formula is C12H13NO2. The number of esters is 1. The van der Waals surface area contributed by atoms with Gasteiger partial charge in [-0.3, -0.25) is 4.79 Å². The van der Waals surface area contributed by atoms with Crippen LogP contribution in [0.3, 0.4) is 0 Å². The number of rotatable bonds is 3. The van der Waals surface area contributed by atoms with Gasteiger partial charge in [-0.2, -0.15) is 5.26 Å². The van der Waals surface area contributed by atoms with Crippen molar-refractivity contribution in [1.82, 2.24) is 0 Å². The zero-order valence-corrected chi connectivity index (χ0v) is 8.86. The Morgan fingerprint density at radius 1 is 1.47 bits per heavy atom. The van der Waals surface area contributed by atoms with Crippen LogP contribution in [0.2, 0.25) is 0 Å². The van der Waals surface area contributed by atoms with Gasteiger partial charge >= 0.3 is 5.97 Å². The number of nitriles is 1. The van der Waals surface area contributed by atoms with Gasteiger partial charge in [-0.1, -0.05) is 29.8 Å². The van der Waals surface area contributed by atoms with E-state index < -0.39 is 11.9 Å². The molecule has 0 aliphatic rings. The first-order chi connectivity index (χ1) is 7.19. The number of carbonyl (C=O) groups is 1. The third-order valence-electron chi connectivity index (χ3n) is 2.06.